The zero-order valence-electron chi connectivity index (χ0n) is 38.5. The molecule has 0 atom stereocenters. The number of hydrogen-bond donors (Lipinski definition) is 0. The third-order valence-electron chi connectivity index (χ3n) is 14.7. The Hall–Kier alpha value is -9.36. The molecule has 336 valence electrons. The van der Waals surface area contributed by atoms with Crippen LogP contribution in [0.2, 0.25) is 0 Å². The van der Waals surface area contributed by atoms with Crippen LogP contribution in [0.15, 0.2) is 244 Å². The second-order valence-electron chi connectivity index (χ2n) is 18.8. The largest absolute Gasteiger partial charge is 0.456 e. The summed E-state index contributed by atoms with van der Waals surface area (Å²) in [6.45, 7) is 0. The third-order valence-corrected chi connectivity index (χ3v) is 15.9. The Morgan fingerprint density at radius 2 is 0.694 bits per heavy atom. The fourth-order valence-electron chi connectivity index (χ4n) is 11.4. The highest BCUT2D eigenvalue weighted by Crippen LogP contribution is 2.46. The van der Waals surface area contributed by atoms with Crippen LogP contribution in [0.4, 0.5) is 34.1 Å². The summed E-state index contributed by atoms with van der Waals surface area (Å²) in [5, 5.41) is 16.0. The van der Waals surface area contributed by atoms with Crippen molar-refractivity contribution in [2.75, 3.05) is 9.80 Å². The summed E-state index contributed by atoms with van der Waals surface area (Å²) in [5.41, 5.74) is 11.7. The van der Waals surface area contributed by atoms with Gasteiger partial charge in [0.2, 0.25) is 0 Å². The van der Waals surface area contributed by atoms with Gasteiger partial charge in [0.15, 0.2) is 0 Å². The third kappa shape index (κ3) is 5.93. The molecule has 0 aliphatic carbocycles. The van der Waals surface area contributed by atoms with E-state index in [0.29, 0.717) is 0 Å². The van der Waals surface area contributed by atoms with E-state index in [1.54, 1.807) is 0 Å². The van der Waals surface area contributed by atoms with Gasteiger partial charge < -0.3 is 23.1 Å². The Bertz CT molecular complexity index is 4580. The van der Waals surface area contributed by atoms with Crippen molar-refractivity contribution < 1.29 is 13.3 Å². The van der Waals surface area contributed by atoms with Crippen LogP contribution in [0.25, 0.3) is 118 Å². The van der Waals surface area contributed by atoms with E-state index in [1.807, 2.05) is 11.3 Å². The molecule has 16 rings (SSSR count). The summed E-state index contributed by atoms with van der Waals surface area (Å²) in [6.07, 6.45) is 0. The van der Waals surface area contributed by atoms with Crippen LogP contribution in [0.5, 0.6) is 0 Å². The Balaban J connectivity index is 0.785. The number of thiophene rings is 1. The number of anilines is 6. The van der Waals surface area contributed by atoms with E-state index < -0.39 is 0 Å². The lowest BCUT2D eigenvalue weighted by Gasteiger charge is -2.25. The predicted molar refractivity (Wildman–Crippen MR) is 303 cm³/mol. The molecule has 72 heavy (non-hydrogen) atoms. The number of furan rings is 3. The Kier molecular flexibility index (Phi) is 8.26. The lowest BCUT2D eigenvalue weighted by atomic mass is 10.0. The van der Waals surface area contributed by atoms with E-state index in [4.69, 9.17) is 13.3 Å². The molecule has 5 nitrogen and oxygen atoms in total. The zero-order chi connectivity index (χ0) is 47.0. The van der Waals surface area contributed by atoms with Crippen molar-refractivity contribution in [3.8, 4) is 0 Å². The highest BCUT2D eigenvalue weighted by molar-refractivity contribution is 7.26. The topological polar surface area (TPSA) is 45.9 Å². The van der Waals surface area contributed by atoms with Gasteiger partial charge in [0.05, 0.1) is 0 Å². The monoisotopic (exact) mass is 938 g/mol. The first-order valence-electron chi connectivity index (χ1n) is 24.3. The first kappa shape index (κ1) is 39.5. The molecule has 0 aliphatic heterocycles. The first-order chi connectivity index (χ1) is 35.6. The van der Waals surface area contributed by atoms with Gasteiger partial charge in [-0.1, -0.05) is 103 Å². The van der Waals surface area contributed by atoms with Crippen LogP contribution in [0.1, 0.15) is 0 Å². The summed E-state index contributed by atoms with van der Waals surface area (Å²) in [6, 6.07) is 82.5. The minimum atomic E-state index is 0.844. The molecule has 12 aromatic carbocycles. The van der Waals surface area contributed by atoms with E-state index in [9.17, 15) is 0 Å². The molecule has 0 unspecified atom stereocenters. The molecule has 0 bridgehead atoms. The fraction of sp³-hybridized carbons (Fsp3) is 0. The van der Waals surface area contributed by atoms with Gasteiger partial charge in [0.25, 0.3) is 0 Å². The first-order valence-corrected chi connectivity index (χ1v) is 25.1. The Morgan fingerprint density at radius 1 is 0.236 bits per heavy atom. The molecule has 0 amide bonds. The maximum Gasteiger partial charge on any atom is 0.143 e. The molecule has 0 radical (unpaired) electrons. The lowest BCUT2D eigenvalue weighted by molar-refractivity contribution is 0.669. The molecular formula is C66H38N2O3S. The Morgan fingerprint density at radius 3 is 1.32 bits per heavy atom. The predicted octanol–water partition coefficient (Wildman–Crippen LogP) is 20.2. The number of nitrogens with zero attached hydrogens (tertiary/aromatic N) is 2. The minimum absolute atomic E-state index is 0.844. The number of hydrogen-bond acceptors (Lipinski definition) is 6. The van der Waals surface area contributed by atoms with E-state index in [0.717, 1.165) is 116 Å². The smallest absolute Gasteiger partial charge is 0.143 e. The molecule has 6 heteroatoms. The summed E-state index contributed by atoms with van der Waals surface area (Å²) in [4.78, 5) is 4.65. The summed E-state index contributed by atoms with van der Waals surface area (Å²) in [5.74, 6) is 0. The van der Waals surface area contributed by atoms with E-state index >= 15 is 0 Å². The van der Waals surface area contributed by atoms with Gasteiger partial charge in [-0.15, -0.1) is 11.3 Å². The summed E-state index contributed by atoms with van der Waals surface area (Å²) < 4.78 is 22.3. The maximum absolute atomic E-state index is 6.79. The van der Waals surface area contributed by atoms with E-state index in [-0.39, 0.29) is 0 Å². The van der Waals surface area contributed by atoms with Gasteiger partial charge in [-0.25, -0.2) is 0 Å². The summed E-state index contributed by atoms with van der Waals surface area (Å²) in [7, 11) is 0. The maximum atomic E-state index is 6.79. The normalized spacial score (nSPS) is 12.2. The number of para-hydroxylation sites is 2. The van der Waals surface area contributed by atoms with Gasteiger partial charge in [-0.05, 0) is 143 Å². The van der Waals surface area contributed by atoms with Crippen LogP contribution in [-0.4, -0.2) is 0 Å². The van der Waals surface area contributed by atoms with Crippen LogP contribution >= 0.6 is 11.3 Å². The summed E-state index contributed by atoms with van der Waals surface area (Å²) >= 11 is 1.84. The van der Waals surface area contributed by atoms with E-state index in [2.05, 4.69) is 240 Å². The van der Waals surface area contributed by atoms with Gasteiger partial charge in [-0.2, -0.15) is 0 Å². The van der Waals surface area contributed by atoms with Crippen LogP contribution in [0, 0.1) is 0 Å². The minimum Gasteiger partial charge on any atom is -0.456 e. The highest BCUT2D eigenvalue weighted by Gasteiger charge is 2.21. The molecule has 0 saturated heterocycles. The second kappa shape index (κ2) is 15.1. The van der Waals surface area contributed by atoms with Crippen LogP contribution in [-0.2, 0) is 0 Å². The van der Waals surface area contributed by atoms with Crippen molar-refractivity contribution in [2.24, 2.45) is 0 Å². The molecule has 4 aromatic heterocycles. The van der Waals surface area contributed by atoms with E-state index in [1.165, 1.54) is 36.3 Å². The molecule has 4 heterocycles. The van der Waals surface area contributed by atoms with Crippen molar-refractivity contribution in [3.63, 3.8) is 0 Å². The zero-order valence-corrected chi connectivity index (χ0v) is 39.3. The van der Waals surface area contributed by atoms with Crippen LogP contribution in [0.3, 0.4) is 0 Å². The molecule has 0 saturated carbocycles. The quantitative estimate of drug-likeness (QED) is 0.166. The van der Waals surface area contributed by atoms with Gasteiger partial charge >= 0.3 is 0 Å². The highest BCUT2D eigenvalue weighted by atomic mass is 32.1. The van der Waals surface area contributed by atoms with Gasteiger partial charge in [-0.3, -0.25) is 0 Å². The Labute approximate surface area is 415 Å². The molecule has 0 spiro atoms. The average Bonchev–Trinajstić information content (AvgIpc) is 4.20. The van der Waals surface area contributed by atoms with Crippen LogP contribution < -0.4 is 9.80 Å². The number of fused-ring (bicyclic) bond motifs is 17. The van der Waals surface area contributed by atoms with Gasteiger partial charge in [0.1, 0.15) is 33.5 Å². The second-order valence-corrected chi connectivity index (χ2v) is 19.9. The average molecular weight is 939 g/mol. The van der Waals surface area contributed by atoms with Gasteiger partial charge in [0, 0.05) is 103 Å². The van der Waals surface area contributed by atoms with Crippen molar-refractivity contribution >= 4 is 164 Å². The SMILES string of the molecule is c1ccc(N(c2ccc3c(c2)oc2cc4cc5sc6cc(N(c7ccccc7)c7ccc8oc9c%10ccccc%10ccc9c8c7)ccc6c5cc4cc23)c2ccc3oc4c5ccccc5ccc4c3c2)cc1. The lowest BCUT2D eigenvalue weighted by Crippen LogP contribution is -2.09. The molecule has 16 aromatic rings. The van der Waals surface area contributed by atoms with Crippen molar-refractivity contribution in [1.29, 1.82) is 0 Å². The molecule has 0 N–H and O–H groups in total. The fourth-order valence-corrected chi connectivity index (χ4v) is 12.5. The standard InChI is InChI=1S/C66H38N2O3S/c1-3-13-43(14-4-1)67(45-23-29-59-56(35-45)53-25-19-39-11-7-9-17-49(39)65(53)70-59)47-21-27-51-55-31-41-32-58-52-28-22-48(38-64(52)72-63(58)34-42(41)33-61(55)69-62(51)37-47)68(44-15-5-2-6-16-44)46-24-30-60-57(36-46)54-26-20-40-12-8-10-18-50(40)66(54)71-60/h1-38H. The number of rotatable bonds is 6. The van der Waals surface area contributed by atoms with Crippen molar-refractivity contribution in [3.05, 3.63) is 231 Å². The molecular weight excluding hydrogens is 901 g/mol. The molecule has 0 aliphatic rings. The molecule has 0 fully saturated rings. The van der Waals surface area contributed by atoms with Crippen molar-refractivity contribution in [1.82, 2.24) is 0 Å². The number of benzene rings is 12. The van der Waals surface area contributed by atoms with Crippen molar-refractivity contribution in [2.45, 2.75) is 0 Å².